The SMILES string of the molecule is Cc1cc(C2CC2)ccc1NC(=O)OC(C)(C)C. The molecule has 0 spiro atoms. The third-order valence-electron chi connectivity index (χ3n) is 2.93. The number of hydrogen-bond acceptors (Lipinski definition) is 2. The normalized spacial score (nSPS) is 15.3. The number of amides is 1. The van der Waals surface area contributed by atoms with Gasteiger partial charge < -0.3 is 4.74 Å². The van der Waals surface area contributed by atoms with E-state index in [1.54, 1.807) is 0 Å². The van der Waals surface area contributed by atoms with Crippen LogP contribution in [0.1, 0.15) is 50.7 Å². The minimum atomic E-state index is -0.466. The Hall–Kier alpha value is -1.51. The predicted octanol–water partition coefficient (Wildman–Crippen LogP) is 4.22. The van der Waals surface area contributed by atoms with Crippen molar-refractivity contribution >= 4 is 11.8 Å². The molecule has 0 heterocycles. The first-order valence-corrected chi connectivity index (χ1v) is 6.46. The Bertz CT molecular complexity index is 456. The fourth-order valence-electron chi connectivity index (χ4n) is 1.91. The van der Waals surface area contributed by atoms with E-state index in [2.05, 4.69) is 17.4 Å². The number of rotatable bonds is 2. The van der Waals surface area contributed by atoms with Gasteiger partial charge in [-0.05, 0) is 63.6 Å². The summed E-state index contributed by atoms with van der Waals surface area (Å²) in [5, 5.41) is 2.79. The van der Waals surface area contributed by atoms with Crippen LogP contribution in [0.25, 0.3) is 0 Å². The third kappa shape index (κ3) is 3.49. The lowest BCUT2D eigenvalue weighted by Gasteiger charge is -2.20. The zero-order valence-corrected chi connectivity index (χ0v) is 11.5. The van der Waals surface area contributed by atoms with E-state index in [9.17, 15) is 4.79 Å². The van der Waals surface area contributed by atoms with Crippen LogP contribution in [0.4, 0.5) is 10.5 Å². The molecule has 0 aliphatic heterocycles. The Morgan fingerprint density at radius 2 is 2.00 bits per heavy atom. The highest BCUT2D eigenvalue weighted by molar-refractivity contribution is 5.86. The highest BCUT2D eigenvalue weighted by Crippen LogP contribution is 2.40. The average Bonchev–Trinajstić information content (AvgIpc) is 3.01. The van der Waals surface area contributed by atoms with Crippen molar-refractivity contribution in [3.63, 3.8) is 0 Å². The van der Waals surface area contributed by atoms with Gasteiger partial charge in [-0.3, -0.25) is 5.32 Å². The zero-order valence-electron chi connectivity index (χ0n) is 11.5. The van der Waals surface area contributed by atoms with Crippen LogP contribution in [-0.2, 0) is 4.74 Å². The Morgan fingerprint density at radius 3 is 2.50 bits per heavy atom. The van der Waals surface area contributed by atoms with Crippen molar-refractivity contribution < 1.29 is 9.53 Å². The molecule has 1 saturated carbocycles. The molecule has 1 aliphatic rings. The van der Waals surface area contributed by atoms with E-state index in [4.69, 9.17) is 4.74 Å². The molecule has 1 fully saturated rings. The van der Waals surface area contributed by atoms with Crippen LogP contribution < -0.4 is 5.32 Å². The molecule has 1 N–H and O–H groups in total. The van der Waals surface area contributed by atoms with Crippen LogP contribution in [0.5, 0.6) is 0 Å². The van der Waals surface area contributed by atoms with Gasteiger partial charge in [0, 0.05) is 5.69 Å². The van der Waals surface area contributed by atoms with Gasteiger partial charge in [0.25, 0.3) is 0 Å². The predicted molar refractivity (Wildman–Crippen MR) is 73.0 cm³/mol. The summed E-state index contributed by atoms with van der Waals surface area (Å²) in [7, 11) is 0. The molecule has 3 nitrogen and oxygen atoms in total. The first kappa shape index (κ1) is 12.9. The summed E-state index contributed by atoms with van der Waals surface area (Å²) in [5.41, 5.74) is 2.83. The maximum absolute atomic E-state index is 11.7. The summed E-state index contributed by atoms with van der Waals surface area (Å²) >= 11 is 0. The maximum Gasteiger partial charge on any atom is 0.412 e. The Labute approximate surface area is 109 Å². The van der Waals surface area contributed by atoms with E-state index in [0.717, 1.165) is 17.2 Å². The van der Waals surface area contributed by atoms with Crippen LogP contribution in [0.3, 0.4) is 0 Å². The minimum Gasteiger partial charge on any atom is -0.444 e. The first-order chi connectivity index (χ1) is 8.35. The van der Waals surface area contributed by atoms with Crippen LogP contribution in [-0.4, -0.2) is 11.7 Å². The number of benzene rings is 1. The lowest BCUT2D eigenvalue weighted by Crippen LogP contribution is -2.27. The van der Waals surface area contributed by atoms with Gasteiger partial charge in [0.05, 0.1) is 0 Å². The summed E-state index contributed by atoms with van der Waals surface area (Å²) in [4.78, 5) is 11.7. The van der Waals surface area contributed by atoms with Crippen molar-refractivity contribution in [3.8, 4) is 0 Å². The maximum atomic E-state index is 11.7. The number of carbonyl (C=O) groups is 1. The van der Waals surface area contributed by atoms with E-state index in [1.165, 1.54) is 18.4 Å². The summed E-state index contributed by atoms with van der Waals surface area (Å²) in [6.07, 6.45) is 2.18. The van der Waals surface area contributed by atoms with Gasteiger partial charge in [-0.25, -0.2) is 4.79 Å². The number of nitrogens with one attached hydrogen (secondary N) is 1. The molecule has 3 heteroatoms. The monoisotopic (exact) mass is 247 g/mol. The van der Waals surface area contributed by atoms with Crippen molar-refractivity contribution in [1.82, 2.24) is 0 Å². The number of aryl methyl sites for hydroxylation is 1. The summed E-state index contributed by atoms with van der Waals surface area (Å²) < 4.78 is 5.24. The van der Waals surface area contributed by atoms with E-state index < -0.39 is 11.7 Å². The zero-order chi connectivity index (χ0) is 13.3. The van der Waals surface area contributed by atoms with Crippen molar-refractivity contribution in [1.29, 1.82) is 0 Å². The fourth-order valence-corrected chi connectivity index (χ4v) is 1.91. The molecule has 1 aliphatic carbocycles. The van der Waals surface area contributed by atoms with E-state index >= 15 is 0 Å². The highest BCUT2D eigenvalue weighted by atomic mass is 16.6. The van der Waals surface area contributed by atoms with Crippen molar-refractivity contribution in [2.24, 2.45) is 0 Å². The standard InChI is InChI=1S/C15H21NO2/c1-10-9-12(11-5-6-11)7-8-13(10)16-14(17)18-15(2,3)4/h7-9,11H,5-6H2,1-4H3,(H,16,17). The molecule has 0 saturated heterocycles. The van der Waals surface area contributed by atoms with Gasteiger partial charge in [-0.2, -0.15) is 0 Å². The van der Waals surface area contributed by atoms with Crippen molar-refractivity contribution in [3.05, 3.63) is 29.3 Å². The number of carbonyl (C=O) groups excluding carboxylic acids is 1. The molecule has 1 aromatic carbocycles. The lowest BCUT2D eigenvalue weighted by molar-refractivity contribution is 0.0636. The summed E-state index contributed by atoms with van der Waals surface area (Å²) in [6.45, 7) is 7.58. The Morgan fingerprint density at radius 1 is 1.33 bits per heavy atom. The van der Waals surface area contributed by atoms with Crippen molar-refractivity contribution in [2.75, 3.05) is 5.32 Å². The fraction of sp³-hybridized carbons (Fsp3) is 0.533. The molecule has 18 heavy (non-hydrogen) atoms. The van der Waals surface area contributed by atoms with Crippen LogP contribution in [0.2, 0.25) is 0 Å². The molecular weight excluding hydrogens is 226 g/mol. The van der Waals surface area contributed by atoms with E-state index in [1.807, 2.05) is 33.8 Å². The second kappa shape index (κ2) is 4.63. The molecule has 98 valence electrons. The van der Waals surface area contributed by atoms with Crippen LogP contribution in [0, 0.1) is 6.92 Å². The lowest BCUT2D eigenvalue weighted by atomic mass is 10.1. The van der Waals surface area contributed by atoms with E-state index in [0.29, 0.717) is 0 Å². The Balaban J connectivity index is 2.03. The summed E-state index contributed by atoms with van der Waals surface area (Å²) in [6, 6.07) is 6.22. The largest absolute Gasteiger partial charge is 0.444 e. The summed E-state index contributed by atoms with van der Waals surface area (Å²) in [5.74, 6) is 0.735. The second-order valence-corrected chi connectivity index (χ2v) is 5.98. The van der Waals surface area contributed by atoms with E-state index in [-0.39, 0.29) is 0 Å². The van der Waals surface area contributed by atoms with Gasteiger partial charge in [0.1, 0.15) is 5.60 Å². The molecule has 0 atom stereocenters. The quantitative estimate of drug-likeness (QED) is 0.849. The topological polar surface area (TPSA) is 38.3 Å². The van der Waals surface area contributed by atoms with Gasteiger partial charge in [0.15, 0.2) is 0 Å². The minimum absolute atomic E-state index is 0.398. The number of hydrogen-bond donors (Lipinski definition) is 1. The molecule has 2 rings (SSSR count). The number of ether oxygens (including phenoxy) is 1. The third-order valence-corrected chi connectivity index (χ3v) is 2.93. The second-order valence-electron chi connectivity index (χ2n) is 5.98. The Kier molecular flexibility index (Phi) is 3.33. The molecule has 0 radical (unpaired) electrons. The van der Waals surface area contributed by atoms with Crippen LogP contribution in [0.15, 0.2) is 18.2 Å². The molecule has 1 amide bonds. The van der Waals surface area contributed by atoms with Crippen molar-refractivity contribution in [2.45, 2.75) is 52.1 Å². The first-order valence-electron chi connectivity index (χ1n) is 6.46. The molecular formula is C15H21NO2. The van der Waals surface area contributed by atoms with Gasteiger partial charge in [0.2, 0.25) is 0 Å². The van der Waals surface area contributed by atoms with Crippen LogP contribution >= 0.6 is 0 Å². The average molecular weight is 247 g/mol. The highest BCUT2D eigenvalue weighted by Gasteiger charge is 2.24. The van der Waals surface area contributed by atoms with Gasteiger partial charge in [-0.1, -0.05) is 12.1 Å². The van der Waals surface area contributed by atoms with Gasteiger partial charge >= 0.3 is 6.09 Å². The molecule has 0 bridgehead atoms. The smallest absolute Gasteiger partial charge is 0.412 e. The molecule has 0 unspecified atom stereocenters. The molecule has 1 aromatic rings. The molecule has 0 aromatic heterocycles. The number of anilines is 1. The van der Waals surface area contributed by atoms with Gasteiger partial charge in [-0.15, -0.1) is 0 Å².